The molecule has 4 heteroatoms. The Labute approximate surface area is 80.5 Å². The molecular weight excluding hydrogens is 182 g/mol. The lowest BCUT2D eigenvalue weighted by Crippen LogP contribution is -1.90. The average Bonchev–Trinajstić information content (AvgIpc) is 2.53. The summed E-state index contributed by atoms with van der Waals surface area (Å²) in [7, 11) is 0. The lowest BCUT2D eigenvalue weighted by atomic mass is 10.3. The maximum absolute atomic E-state index is 4.36. The molecule has 0 aliphatic heterocycles. The molecule has 0 aromatic carbocycles. The van der Waals surface area contributed by atoms with Gasteiger partial charge in [-0.1, -0.05) is 0 Å². The minimum absolute atomic E-state index is 0.881. The number of hydrogen-bond acceptors (Lipinski definition) is 4. The molecule has 66 valence electrons. The van der Waals surface area contributed by atoms with Gasteiger partial charge in [0.1, 0.15) is 11.4 Å². The Bertz CT molecular complexity index is 422. The number of rotatable bonds is 1. The van der Waals surface area contributed by atoms with E-state index >= 15 is 0 Å². The zero-order valence-electron chi connectivity index (χ0n) is 7.48. The summed E-state index contributed by atoms with van der Waals surface area (Å²) in [5.41, 5.74) is 2.73. The highest BCUT2D eigenvalue weighted by Crippen LogP contribution is 2.20. The molecule has 13 heavy (non-hydrogen) atoms. The van der Waals surface area contributed by atoms with Gasteiger partial charge in [0.2, 0.25) is 0 Å². The first-order chi connectivity index (χ1) is 6.27. The zero-order valence-corrected chi connectivity index (χ0v) is 8.30. The number of aryl methyl sites for hydroxylation is 2. The summed E-state index contributed by atoms with van der Waals surface area (Å²) >= 11 is 1.63. The van der Waals surface area contributed by atoms with Crippen LogP contribution in [0.4, 0.5) is 0 Å². The van der Waals surface area contributed by atoms with E-state index in [9.17, 15) is 0 Å². The monoisotopic (exact) mass is 191 g/mol. The van der Waals surface area contributed by atoms with Crippen LogP contribution >= 0.6 is 11.3 Å². The van der Waals surface area contributed by atoms with Gasteiger partial charge in [-0.2, -0.15) is 0 Å². The van der Waals surface area contributed by atoms with Crippen molar-refractivity contribution < 1.29 is 0 Å². The molecule has 0 aliphatic rings. The molecule has 2 aromatic rings. The molecule has 0 spiro atoms. The van der Waals surface area contributed by atoms with Crippen LogP contribution in [0, 0.1) is 13.8 Å². The second-order valence-corrected chi connectivity index (χ2v) is 3.80. The predicted octanol–water partition coefficient (Wildman–Crippen LogP) is 2.22. The van der Waals surface area contributed by atoms with Crippen LogP contribution in [-0.4, -0.2) is 15.0 Å². The second kappa shape index (κ2) is 3.22. The van der Waals surface area contributed by atoms with E-state index in [0.29, 0.717) is 0 Å². The minimum atomic E-state index is 0.881. The molecule has 0 radical (unpaired) electrons. The molecule has 0 bridgehead atoms. The highest BCUT2D eigenvalue weighted by molar-refractivity contribution is 7.09. The maximum Gasteiger partial charge on any atom is 0.111 e. The summed E-state index contributed by atoms with van der Waals surface area (Å²) < 4.78 is 0. The first-order valence-corrected chi connectivity index (χ1v) is 4.85. The van der Waals surface area contributed by atoms with Crippen LogP contribution in [-0.2, 0) is 0 Å². The Morgan fingerprint density at radius 3 is 2.54 bits per heavy atom. The van der Waals surface area contributed by atoms with Gasteiger partial charge in [-0.25, -0.2) is 4.98 Å². The SMILES string of the molecule is Cc1nc(-c2nccnc2C)cs1. The van der Waals surface area contributed by atoms with Gasteiger partial charge in [0.05, 0.1) is 10.7 Å². The van der Waals surface area contributed by atoms with Crippen LogP contribution in [0.3, 0.4) is 0 Å². The van der Waals surface area contributed by atoms with Crippen LogP contribution in [0.5, 0.6) is 0 Å². The first kappa shape index (κ1) is 8.31. The number of hydrogen-bond donors (Lipinski definition) is 0. The molecule has 0 aliphatic carbocycles. The van der Waals surface area contributed by atoms with Gasteiger partial charge in [0, 0.05) is 17.8 Å². The first-order valence-electron chi connectivity index (χ1n) is 3.97. The largest absolute Gasteiger partial charge is 0.258 e. The maximum atomic E-state index is 4.36. The number of aromatic nitrogens is 3. The van der Waals surface area contributed by atoms with E-state index in [2.05, 4.69) is 15.0 Å². The minimum Gasteiger partial charge on any atom is -0.258 e. The molecule has 0 amide bonds. The van der Waals surface area contributed by atoms with Crippen molar-refractivity contribution in [2.24, 2.45) is 0 Å². The molecule has 0 unspecified atom stereocenters. The smallest absolute Gasteiger partial charge is 0.111 e. The van der Waals surface area contributed by atoms with Crippen LogP contribution < -0.4 is 0 Å². The van der Waals surface area contributed by atoms with E-state index in [1.54, 1.807) is 23.7 Å². The molecule has 0 N–H and O–H groups in total. The summed E-state index contributed by atoms with van der Waals surface area (Å²) in [5.74, 6) is 0. The van der Waals surface area contributed by atoms with Crippen molar-refractivity contribution in [1.29, 1.82) is 0 Å². The van der Waals surface area contributed by atoms with E-state index in [-0.39, 0.29) is 0 Å². The highest BCUT2D eigenvalue weighted by Gasteiger charge is 2.06. The van der Waals surface area contributed by atoms with Gasteiger partial charge < -0.3 is 0 Å². The number of thiazole rings is 1. The third kappa shape index (κ3) is 1.58. The fourth-order valence-corrected chi connectivity index (χ4v) is 1.73. The summed E-state index contributed by atoms with van der Waals surface area (Å²) in [6.07, 6.45) is 3.38. The highest BCUT2D eigenvalue weighted by atomic mass is 32.1. The van der Waals surface area contributed by atoms with Gasteiger partial charge in [-0.05, 0) is 13.8 Å². The molecule has 2 aromatic heterocycles. The van der Waals surface area contributed by atoms with Gasteiger partial charge in [-0.15, -0.1) is 11.3 Å². The normalized spacial score (nSPS) is 10.3. The Morgan fingerprint density at radius 2 is 1.92 bits per heavy atom. The van der Waals surface area contributed by atoms with Crippen molar-refractivity contribution in [2.75, 3.05) is 0 Å². The van der Waals surface area contributed by atoms with Crippen molar-refractivity contribution in [2.45, 2.75) is 13.8 Å². The fraction of sp³-hybridized carbons (Fsp3) is 0.222. The van der Waals surface area contributed by atoms with Crippen molar-refractivity contribution in [1.82, 2.24) is 15.0 Å². The quantitative estimate of drug-likeness (QED) is 0.693. The van der Waals surface area contributed by atoms with Crippen molar-refractivity contribution in [3.8, 4) is 11.4 Å². The van der Waals surface area contributed by atoms with E-state index in [0.717, 1.165) is 22.1 Å². The summed E-state index contributed by atoms with van der Waals surface area (Å²) in [6.45, 7) is 3.93. The lowest BCUT2D eigenvalue weighted by Gasteiger charge is -1.97. The van der Waals surface area contributed by atoms with E-state index in [1.807, 2.05) is 19.2 Å². The standard InChI is InChI=1S/C9H9N3S/c1-6-9(11-4-3-10-6)8-5-13-7(2)12-8/h3-5H,1-2H3. The van der Waals surface area contributed by atoms with Crippen LogP contribution in [0.1, 0.15) is 10.7 Å². The molecule has 2 rings (SSSR count). The van der Waals surface area contributed by atoms with E-state index in [1.165, 1.54) is 0 Å². The fourth-order valence-electron chi connectivity index (χ4n) is 1.13. The van der Waals surface area contributed by atoms with E-state index < -0.39 is 0 Å². The molecule has 0 saturated heterocycles. The third-order valence-electron chi connectivity index (χ3n) is 1.74. The Kier molecular flexibility index (Phi) is 2.06. The summed E-state index contributed by atoms with van der Waals surface area (Å²) in [6, 6.07) is 0. The van der Waals surface area contributed by atoms with Gasteiger partial charge >= 0.3 is 0 Å². The average molecular weight is 191 g/mol. The summed E-state index contributed by atoms with van der Waals surface area (Å²) in [5, 5.41) is 3.06. The molecule has 0 atom stereocenters. The molecule has 2 heterocycles. The Hall–Kier alpha value is -1.29. The van der Waals surface area contributed by atoms with Gasteiger partial charge in [0.25, 0.3) is 0 Å². The van der Waals surface area contributed by atoms with Crippen LogP contribution in [0.15, 0.2) is 17.8 Å². The van der Waals surface area contributed by atoms with Crippen molar-refractivity contribution in [3.05, 3.63) is 28.5 Å². The van der Waals surface area contributed by atoms with Crippen molar-refractivity contribution >= 4 is 11.3 Å². The molecule has 3 nitrogen and oxygen atoms in total. The van der Waals surface area contributed by atoms with Gasteiger partial charge in [0.15, 0.2) is 0 Å². The second-order valence-electron chi connectivity index (χ2n) is 2.74. The van der Waals surface area contributed by atoms with Gasteiger partial charge in [-0.3, -0.25) is 9.97 Å². The zero-order chi connectivity index (χ0) is 9.26. The van der Waals surface area contributed by atoms with Crippen molar-refractivity contribution in [3.63, 3.8) is 0 Å². The van der Waals surface area contributed by atoms with E-state index in [4.69, 9.17) is 0 Å². The lowest BCUT2D eigenvalue weighted by molar-refractivity contribution is 1.11. The van der Waals surface area contributed by atoms with Crippen LogP contribution in [0.25, 0.3) is 11.4 Å². The van der Waals surface area contributed by atoms with Crippen LogP contribution in [0.2, 0.25) is 0 Å². The predicted molar refractivity (Wildman–Crippen MR) is 52.6 cm³/mol. The topological polar surface area (TPSA) is 38.7 Å². The Morgan fingerprint density at radius 1 is 1.15 bits per heavy atom. The third-order valence-corrected chi connectivity index (χ3v) is 2.52. The summed E-state index contributed by atoms with van der Waals surface area (Å²) in [4.78, 5) is 12.8. The Balaban J connectivity index is 2.52. The molecule has 0 saturated carbocycles. The number of nitrogens with zero attached hydrogens (tertiary/aromatic N) is 3. The molecular formula is C9H9N3S. The molecule has 0 fully saturated rings.